The third-order valence-electron chi connectivity index (χ3n) is 4.93. The van der Waals surface area contributed by atoms with E-state index in [1.165, 1.54) is 18.4 Å². The Hall–Kier alpha value is -3.72. The molecule has 0 saturated carbocycles. The van der Waals surface area contributed by atoms with Gasteiger partial charge in [-0.15, -0.1) is 11.3 Å². The van der Waals surface area contributed by atoms with Crippen molar-refractivity contribution in [2.75, 3.05) is 38.5 Å². The smallest absolute Gasteiger partial charge is 0.341 e. The summed E-state index contributed by atoms with van der Waals surface area (Å²) in [5.41, 5.74) is 8.35. The van der Waals surface area contributed by atoms with Gasteiger partial charge in [0.05, 0.1) is 33.1 Å². The second-order valence-electron chi connectivity index (χ2n) is 7.20. The molecule has 3 N–H and O–H groups in total. The summed E-state index contributed by atoms with van der Waals surface area (Å²) in [7, 11) is 3.09. The van der Waals surface area contributed by atoms with Gasteiger partial charge in [-0.2, -0.15) is 0 Å². The summed E-state index contributed by atoms with van der Waals surface area (Å²) >= 11 is 1.23. The summed E-state index contributed by atoms with van der Waals surface area (Å²) in [6.07, 6.45) is 0.846. The average Bonchev–Trinajstić information content (AvgIpc) is 3.26. The number of amides is 1. The van der Waals surface area contributed by atoms with E-state index in [2.05, 4.69) is 5.32 Å². The van der Waals surface area contributed by atoms with Crippen LogP contribution in [0.2, 0.25) is 0 Å². The van der Waals surface area contributed by atoms with E-state index in [4.69, 9.17) is 24.7 Å². The van der Waals surface area contributed by atoms with Gasteiger partial charge in [0.2, 0.25) is 0 Å². The number of rotatable bonds is 10. The minimum Gasteiger partial charge on any atom is -0.493 e. The van der Waals surface area contributed by atoms with E-state index in [1.54, 1.807) is 49.7 Å². The quantitative estimate of drug-likeness (QED) is 0.299. The van der Waals surface area contributed by atoms with Crippen molar-refractivity contribution in [3.8, 4) is 28.4 Å². The van der Waals surface area contributed by atoms with Crippen LogP contribution in [0.25, 0.3) is 11.1 Å². The summed E-state index contributed by atoms with van der Waals surface area (Å²) in [6, 6.07) is 10.2. The maximum absolute atomic E-state index is 13.0. The average molecular weight is 485 g/mol. The Balaban J connectivity index is 1.95. The lowest BCUT2D eigenvalue weighted by Gasteiger charge is -2.12. The van der Waals surface area contributed by atoms with Crippen LogP contribution in [-0.4, -0.2) is 39.3 Å². The Bertz CT molecular complexity index is 1170. The molecule has 8 nitrogen and oxygen atoms in total. The second kappa shape index (κ2) is 11.4. The number of carbonyl (C=O) groups is 2. The molecule has 0 saturated heterocycles. The molecule has 0 bridgehead atoms. The highest BCUT2D eigenvalue weighted by molar-refractivity contribution is 7.15. The minimum atomic E-state index is -0.535. The summed E-state index contributed by atoms with van der Waals surface area (Å²) in [5, 5.41) is 4.99. The maximum Gasteiger partial charge on any atom is 0.341 e. The predicted molar refractivity (Wildman–Crippen MR) is 133 cm³/mol. The number of nitrogens with two attached hydrogens (primary N) is 1. The normalized spacial score (nSPS) is 10.5. The molecule has 1 amide bonds. The first-order valence-electron chi connectivity index (χ1n) is 10.8. The van der Waals surface area contributed by atoms with Gasteiger partial charge < -0.3 is 30.0 Å². The van der Waals surface area contributed by atoms with Gasteiger partial charge in [-0.05, 0) is 49.2 Å². The van der Waals surface area contributed by atoms with E-state index >= 15 is 0 Å². The molecular weight excluding hydrogens is 456 g/mol. The van der Waals surface area contributed by atoms with E-state index in [-0.39, 0.29) is 12.2 Å². The maximum atomic E-state index is 13.0. The number of hydrogen-bond donors (Lipinski definition) is 2. The van der Waals surface area contributed by atoms with Crippen LogP contribution in [0, 0.1) is 0 Å². The Morgan fingerprint density at radius 1 is 1.00 bits per heavy atom. The van der Waals surface area contributed by atoms with Gasteiger partial charge in [0.25, 0.3) is 5.91 Å². The monoisotopic (exact) mass is 484 g/mol. The van der Waals surface area contributed by atoms with Gasteiger partial charge in [-0.3, -0.25) is 4.79 Å². The topological polar surface area (TPSA) is 109 Å². The van der Waals surface area contributed by atoms with Crippen LogP contribution in [0.15, 0.2) is 41.8 Å². The van der Waals surface area contributed by atoms with Gasteiger partial charge in [0.15, 0.2) is 11.5 Å². The Labute approximate surface area is 202 Å². The summed E-state index contributed by atoms with van der Waals surface area (Å²) in [4.78, 5) is 25.8. The van der Waals surface area contributed by atoms with E-state index in [9.17, 15) is 9.59 Å². The van der Waals surface area contributed by atoms with Gasteiger partial charge in [0, 0.05) is 16.5 Å². The van der Waals surface area contributed by atoms with Gasteiger partial charge in [0.1, 0.15) is 16.3 Å². The van der Waals surface area contributed by atoms with E-state index in [1.807, 2.05) is 13.0 Å². The molecule has 0 unspecified atom stereocenters. The number of carbonyl (C=O) groups excluding carboxylic acids is 2. The summed E-state index contributed by atoms with van der Waals surface area (Å²) < 4.78 is 21.5. The van der Waals surface area contributed by atoms with Crippen molar-refractivity contribution in [3.05, 3.63) is 52.9 Å². The van der Waals surface area contributed by atoms with Crippen molar-refractivity contribution < 1.29 is 28.5 Å². The molecule has 0 radical (unpaired) electrons. The largest absolute Gasteiger partial charge is 0.493 e. The molecule has 0 atom stereocenters. The molecule has 0 aliphatic rings. The van der Waals surface area contributed by atoms with Crippen LogP contribution in [0.5, 0.6) is 17.2 Å². The highest BCUT2D eigenvalue weighted by Crippen LogP contribution is 2.40. The second-order valence-corrected chi connectivity index (χ2v) is 8.08. The Morgan fingerprint density at radius 3 is 2.38 bits per heavy atom. The molecule has 34 heavy (non-hydrogen) atoms. The minimum absolute atomic E-state index is 0.198. The van der Waals surface area contributed by atoms with Crippen molar-refractivity contribution in [3.63, 3.8) is 0 Å². The molecule has 1 aromatic heterocycles. The zero-order valence-corrected chi connectivity index (χ0v) is 20.4. The van der Waals surface area contributed by atoms with Crippen LogP contribution in [0.3, 0.4) is 0 Å². The fourth-order valence-electron chi connectivity index (χ4n) is 3.28. The van der Waals surface area contributed by atoms with Crippen LogP contribution in [0.4, 0.5) is 10.7 Å². The lowest BCUT2D eigenvalue weighted by molar-refractivity contribution is 0.0529. The number of ether oxygens (including phenoxy) is 4. The standard InChI is InChI=1S/C25H28N2O6S/c1-5-11-33-19-9-8-16(12-18(19)26)23(28)27-24-22(25(29)32-6-2)17(14-34-24)15-7-10-20(30-3)21(13-15)31-4/h7-10,12-14H,5-6,11,26H2,1-4H3,(H,27,28). The third kappa shape index (κ3) is 5.43. The molecule has 0 aliphatic heterocycles. The van der Waals surface area contributed by atoms with Crippen molar-refractivity contribution >= 4 is 33.9 Å². The van der Waals surface area contributed by atoms with Crippen LogP contribution in [0.1, 0.15) is 41.0 Å². The van der Waals surface area contributed by atoms with Gasteiger partial charge in [-0.25, -0.2) is 4.79 Å². The lowest BCUT2D eigenvalue weighted by Crippen LogP contribution is -2.15. The van der Waals surface area contributed by atoms with E-state index in [0.717, 1.165) is 12.0 Å². The number of anilines is 2. The predicted octanol–water partition coefficient (Wildman–Crippen LogP) is 5.23. The molecular formula is C25H28N2O6S. The number of hydrogen-bond acceptors (Lipinski definition) is 8. The van der Waals surface area contributed by atoms with Crippen molar-refractivity contribution in [1.82, 2.24) is 0 Å². The number of nitrogens with one attached hydrogen (secondary N) is 1. The van der Waals surface area contributed by atoms with Crippen LogP contribution in [-0.2, 0) is 4.74 Å². The number of benzene rings is 2. The number of nitrogen functional groups attached to an aromatic ring is 1. The van der Waals surface area contributed by atoms with E-state index in [0.29, 0.717) is 45.7 Å². The van der Waals surface area contributed by atoms with Crippen molar-refractivity contribution in [2.24, 2.45) is 0 Å². The first kappa shape index (κ1) is 24.9. The molecule has 1 heterocycles. The van der Waals surface area contributed by atoms with Crippen LogP contribution >= 0.6 is 11.3 Å². The molecule has 3 aromatic rings. The first-order valence-corrected chi connectivity index (χ1v) is 11.7. The molecule has 0 aliphatic carbocycles. The highest BCUT2D eigenvalue weighted by atomic mass is 32.1. The SMILES string of the molecule is CCCOc1ccc(C(=O)Nc2scc(-c3ccc(OC)c(OC)c3)c2C(=O)OCC)cc1N. The zero-order chi connectivity index (χ0) is 24.7. The zero-order valence-electron chi connectivity index (χ0n) is 19.6. The molecule has 0 fully saturated rings. The van der Waals surface area contributed by atoms with Gasteiger partial charge in [-0.1, -0.05) is 13.0 Å². The number of methoxy groups -OCH3 is 2. The van der Waals surface area contributed by atoms with Crippen LogP contribution < -0.4 is 25.3 Å². The summed E-state index contributed by atoms with van der Waals surface area (Å²) in [6.45, 7) is 4.45. The number of esters is 1. The van der Waals surface area contributed by atoms with Crippen molar-refractivity contribution in [2.45, 2.75) is 20.3 Å². The lowest BCUT2D eigenvalue weighted by atomic mass is 10.0. The Kier molecular flexibility index (Phi) is 8.37. The summed E-state index contributed by atoms with van der Waals surface area (Å²) in [5.74, 6) is 0.674. The third-order valence-corrected chi connectivity index (χ3v) is 5.82. The molecule has 0 spiro atoms. The molecule has 2 aromatic carbocycles. The highest BCUT2D eigenvalue weighted by Gasteiger charge is 2.24. The Morgan fingerprint density at radius 2 is 1.74 bits per heavy atom. The number of thiophene rings is 1. The molecule has 180 valence electrons. The van der Waals surface area contributed by atoms with Crippen molar-refractivity contribution in [1.29, 1.82) is 0 Å². The first-order chi connectivity index (χ1) is 16.4. The van der Waals surface area contributed by atoms with Gasteiger partial charge >= 0.3 is 5.97 Å². The molecule has 9 heteroatoms. The fourth-order valence-corrected chi connectivity index (χ4v) is 4.23. The molecule has 3 rings (SSSR count). The van der Waals surface area contributed by atoms with E-state index < -0.39 is 11.9 Å². The fraction of sp³-hybridized carbons (Fsp3) is 0.280.